The number of unbranched alkanes of at least 4 members (excludes halogenated alkanes) is 2. The summed E-state index contributed by atoms with van der Waals surface area (Å²) in [6.07, 6.45) is 2.68. The molecule has 69 heavy (non-hydrogen) atoms. The zero-order valence-electron chi connectivity index (χ0n) is 37.5. The van der Waals surface area contributed by atoms with Crippen LogP contribution in [0.4, 0.5) is 4.39 Å². The Hall–Kier alpha value is -7.65. The molecule has 21 heteroatoms. The molecule has 360 valence electrons. The first-order valence-electron chi connectivity index (χ1n) is 22.5. The van der Waals surface area contributed by atoms with Crippen LogP contribution in [0.3, 0.4) is 0 Å². The predicted molar refractivity (Wildman–Crippen MR) is 241 cm³/mol. The Morgan fingerprint density at radius 2 is 1.58 bits per heavy atom. The number of pyridine rings is 2. The highest BCUT2D eigenvalue weighted by Gasteiger charge is 2.38. The van der Waals surface area contributed by atoms with Crippen molar-refractivity contribution in [2.24, 2.45) is 0 Å². The second-order valence-corrected chi connectivity index (χ2v) is 17.1. The van der Waals surface area contributed by atoms with Gasteiger partial charge < -0.3 is 45.7 Å². The van der Waals surface area contributed by atoms with Gasteiger partial charge in [-0.3, -0.25) is 43.3 Å². The van der Waals surface area contributed by atoms with Gasteiger partial charge in [-0.25, -0.2) is 14.2 Å². The van der Waals surface area contributed by atoms with E-state index in [9.17, 15) is 48.3 Å². The number of nitrogens with zero attached hydrogens (tertiary/aromatic N) is 3. The fourth-order valence-electron chi connectivity index (χ4n) is 9.00. The number of carbonyl (C=O) groups is 8. The fraction of sp³-hybridized carbons (Fsp3) is 0.375. The van der Waals surface area contributed by atoms with E-state index in [0.717, 1.165) is 10.5 Å². The Kier molecular flexibility index (Phi) is 14.3. The Bertz CT molecular complexity index is 2870. The lowest BCUT2D eigenvalue weighted by atomic mass is 9.83. The van der Waals surface area contributed by atoms with Crippen molar-refractivity contribution in [3.8, 4) is 11.4 Å². The van der Waals surface area contributed by atoms with E-state index in [1.165, 1.54) is 28.9 Å². The summed E-state index contributed by atoms with van der Waals surface area (Å²) in [6.45, 7) is 0.0237. The maximum atomic E-state index is 15.3. The predicted octanol–water partition coefficient (Wildman–Crippen LogP) is 0.602. The molecular formula is C48H49FN8O12. The number of aliphatic hydroxyl groups is 1. The van der Waals surface area contributed by atoms with Crippen LogP contribution in [0.2, 0.25) is 0 Å². The summed E-state index contributed by atoms with van der Waals surface area (Å²) in [6, 6.07) is 10.5. The normalized spacial score (nSPS) is 16.9. The van der Waals surface area contributed by atoms with E-state index in [1.54, 1.807) is 37.3 Å². The number of amides is 7. The number of hydrogen-bond donors (Lipinski definition) is 6. The van der Waals surface area contributed by atoms with Crippen LogP contribution in [-0.4, -0.2) is 106 Å². The lowest BCUT2D eigenvalue weighted by Crippen LogP contribution is -2.52. The van der Waals surface area contributed by atoms with Crippen molar-refractivity contribution in [1.82, 2.24) is 41.0 Å². The van der Waals surface area contributed by atoms with Crippen LogP contribution in [0.5, 0.6) is 0 Å². The Morgan fingerprint density at radius 3 is 2.35 bits per heavy atom. The maximum absolute atomic E-state index is 15.3. The third-order valence-corrected chi connectivity index (χ3v) is 12.6. The molecule has 6 N–H and O–H groups in total. The van der Waals surface area contributed by atoms with Gasteiger partial charge in [0.25, 0.3) is 17.4 Å². The lowest BCUT2D eigenvalue weighted by Gasteiger charge is -2.29. The van der Waals surface area contributed by atoms with Crippen molar-refractivity contribution in [3.63, 3.8) is 0 Å². The molecule has 0 bridgehead atoms. The van der Waals surface area contributed by atoms with Crippen LogP contribution >= 0.6 is 0 Å². The molecule has 0 radical (unpaired) electrons. The van der Waals surface area contributed by atoms with Crippen LogP contribution in [0.1, 0.15) is 83.3 Å². The van der Waals surface area contributed by atoms with Gasteiger partial charge in [0.05, 0.1) is 54.8 Å². The number of fused-ring (bicyclic) bond motifs is 5. The van der Waals surface area contributed by atoms with Gasteiger partial charge in [-0.2, -0.15) is 0 Å². The van der Waals surface area contributed by atoms with Gasteiger partial charge in [-0.05, 0) is 60.9 Å². The van der Waals surface area contributed by atoms with Crippen LogP contribution in [0, 0.1) is 12.7 Å². The summed E-state index contributed by atoms with van der Waals surface area (Å²) >= 11 is 0. The molecule has 4 aliphatic rings. The molecule has 7 amide bonds. The minimum atomic E-state index is -1.66. The third-order valence-electron chi connectivity index (χ3n) is 12.6. The van der Waals surface area contributed by atoms with Gasteiger partial charge >= 0.3 is 5.97 Å². The van der Waals surface area contributed by atoms with Gasteiger partial charge in [0.2, 0.25) is 29.5 Å². The summed E-state index contributed by atoms with van der Waals surface area (Å²) in [7, 11) is 0. The first-order valence-corrected chi connectivity index (χ1v) is 22.5. The van der Waals surface area contributed by atoms with Crippen LogP contribution in [0.15, 0.2) is 59.4 Å². The number of hydrogen-bond acceptors (Lipinski definition) is 13. The second kappa shape index (κ2) is 20.7. The molecule has 3 atom stereocenters. The number of halogens is 1. The molecule has 5 heterocycles. The van der Waals surface area contributed by atoms with Crippen LogP contribution < -0.4 is 32.1 Å². The van der Waals surface area contributed by atoms with E-state index in [4.69, 9.17) is 14.5 Å². The quantitative estimate of drug-likeness (QED) is 0.0287. The topological polar surface area (TPSA) is 274 Å². The molecule has 2 aromatic heterocycles. The number of nitrogens with one attached hydrogen (secondary N) is 5. The molecule has 4 aromatic rings. The van der Waals surface area contributed by atoms with E-state index in [1.807, 2.05) is 0 Å². The molecule has 8 rings (SSSR count). The summed E-state index contributed by atoms with van der Waals surface area (Å²) in [5.41, 5.74) is 4.07. The number of benzene rings is 2. The average molecular weight is 949 g/mol. The molecule has 20 nitrogen and oxygen atoms in total. The first-order chi connectivity index (χ1) is 33.2. The van der Waals surface area contributed by atoms with Gasteiger partial charge in [0.15, 0.2) is 6.10 Å². The van der Waals surface area contributed by atoms with Crippen molar-refractivity contribution in [2.45, 2.75) is 83.3 Å². The van der Waals surface area contributed by atoms with Crippen molar-refractivity contribution >= 4 is 58.2 Å². The molecule has 3 aliphatic heterocycles. The lowest BCUT2D eigenvalue weighted by molar-refractivity contribution is -0.157. The minimum Gasteiger partial charge on any atom is -0.458 e. The highest BCUT2D eigenvalue weighted by atomic mass is 19.1. The summed E-state index contributed by atoms with van der Waals surface area (Å²) in [5.74, 6) is -5.10. The number of ether oxygens (including phenoxy) is 2. The largest absolute Gasteiger partial charge is 0.458 e. The van der Waals surface area contributed by atoms with Gasteiger partial charge in [-0.1, -0.05) is 36.8 Å². The number of aryl methyl sites for hydroxylation is 1. The van der Waals surface area contributed by atoms with E-state index < -0.39 is 84.8 Å². The average Bonchev–Trinajstić information content (AvgIpc) is 3.87. The molecular weight excluding hydrogens is 900 g/mol. The van der Waals surface area contributed by atoms with Gasteiger partial charge in [-0.15, -0.1) is 0 Å². The number of imide groups is 1. The molecule has 0 spiro atoms. The zero-order chi connectivity index (χ0) is 48.9. The Morgan fingerprint density at radius 1 is 0.870 bits per heavy atom. The number of aliphatic hydroxyl groups excluding tert-OH is 1. The molecule has 2 aromatic carbocycles. The van der Waals surface area contributed by atoms with E-state index in [2.05, 4.69) is 26.6 Å². The molecule has 0 saturated carbocycles. The van der Waals surface area contributed by atoms with Crippen LogP contribution in [-0.2, 0) is 73.8 Å². The van der Waals surface area contributed by atoms with Crippen molar-refractivity contribution in [3.05, 3.63) is 110 Å². The summed E-state index contributed by atoms with van der Waals surface area (Å²) in [4.78, 5) is 119. The number of carbonyl (C=O) groups excluding carboxylic acids is 8. The second-order valence-electron chi connectivity index (χ2n) is 17.1. The number of aromatic nitrogens is 2. The van der Waals surface area contributed by atoms with E-state index in [-0.39, 0.29) is 62.2 Å². The minimum absolute atomic E-state index is 0.0526. The molecule has 1 aliphatic carbocycles. The van der Waals surface area contributed by atoms with Crippen LogP contribution in [0.25, 0.3) is 22.3 Å². The fourth-order valence-corrected chi connectivity index (χ4v) is 9.00. The Balaban J connectivity index is 0.836. The van der Waals surface area contributed by atoms with Crippen molar-refractivity contribution < 1.29 is 57.3 Å². The van der Waals surface area contributed by atoms with Gasteiger partial charge in [0.1, 0.15) is 25.2 Å². The monoisotopic (exact) mass is 948 g/mol. The van der Waals surface area contributed by atoms with Gasteiger partial charge in [0, 0.05) is 54.1 Å². The SMILES string of the molecule is Cc1c(F)cc2nc3c(c4c2c1CCC4OCNC(=O)CNC(=O)C(Cc1ccccc1)NC(=O)CNC(=O)CNC(=O)CCCCCN1C(=O)C=CC1=O)Cn1c-3cc2c(c1=O)COC(=O)C2O. The number of cyclic esters (lactones) is 1. The number of rotatable bonds is 19. The molecule has 0 saturated heterocycles. The summed E-state index contributed by atoms with van der Waals surface area (Å²) < 4.78 is 28.0. The highest BCUT2D eigenvalue weighted by Crippen LogP contribution is 2.46. The standard InChI is InChI=1S/C48H49FN8O12/c1-25-27-11-12-35(43-29-22-57-34(44(29)55-32(42(27)43)18-31(25)49)17-28-30(47(57)66)23-68-48(67)45(28)64)69-24-53-38(60)20-52-46(65)33(16-26-8-4-2-5-9-26)54-39(61)21-51-37(59)19-50-36(58)10-6-3-7-15-56-40(62)13-14-41(56)63/h2,4-5,8-9,13-14,17-18,33,35,45,64H,3,6-7,10-12,15-16,19-24H2,1H3,(H,50,58)(H,51,59)(H,52,65)(H,53,60)(H,54,61). The zero-order valence-corrected chi connectivity index (χ0v) is 37.5. The first kappa shape index (κ1) is 47.8. The summed E-state index contributed by atoms with van der Waals surface area (Å²) in [5, 5.41) is 23.9. The molecule has 0 fully saturated rings. The van der Waals surface area contributed by atoms with E-state index in [0.29, 0.717) is 76.6 Å². The smallest absolute Gasteiger partial charge is 0.340 e. The third kappa shape index (κ3) is 10.4. The van der Waals surface area contributed by atoms with E-state index >= 15 is 4.39 Å². The Labute approximate surface area is 393 Å². The maximum Gasteiger partial charge on any atom is 0.340 e. The van der Waals surface area contributed by atoms with Crippen molar-refractivity contribution in [2.75, 3.05) is 32.9 Å². The highest BCUT2D eigenvalue weighted by molar-refractivity contribution is 6.12. The van der Waals surface area contributed by atoms with Crippen molar-refractivity contribution in [1.29, 1.82) is 0 Å². The number of esters is 1. The molecule has 3 unspecified atom stereocenters.